The van der Waals surface area contributed by atoms with Crippen LogP contribution in [0.5, 0.6) is 0 Å². The first-order chi connectivity index (χ1) is 7.67. The Hall–Kier alpha value is -0.890. The highest BCUT2D eigenvalue weighted by Crippen LogP contribution is 2.25. The number of rotatable bonds is 6. The zero-order chi connectivity index (χ0) is 12.0. The highest BCUT2D eigenvalue weighted by Gasteiger charge is 2.14. The van der Waals surface area contributed by atoms with Crippen LogP contribution in [-0.4, -0.2) is 13.6 Å². The number of benzene rings is 1. The number of likely N-dealkylation sites (N-methyl/N-ethyl adjacent to an activating group) is 1. The van der Waals surface area contributed by atoms with E-state index in [9.17, 15) is 4.39 Å². The van der Waals surface area contributed by atoms with Crippen LogP contribution in [0.2, 0.25) is 0 Å². The van der Waals surface area contributed by atoms with Gasteiger partial charge in [0.2, 0.25) is 0 Å². The average Bonchev–Trinajstić information content (AvgIpc) is 2.28. The summed E-state index contributed by atoms with van der Waals surface area (Å²) in [5, 5.41) is 3.19. The zero-order valence-electron chi connectivity index (χ0n) is 10.5. The van der Waals surface area contributed by atoms with Crippen LogP contribution in [0, 0.1) is 11.7 Å². The van der Waals surface area contributed by atoms with Crippen LogP contribution in [0.25, 0.3) is 0 Å². The Morgan fingerprint density at radius 1 is 1.38 bits per heavy atom. The van der Waals surface area contributed by atoms with Crippen molar-refractivity contribution in [2.24, 2.45) is 5.92 Å². The van der Waals surface area contributed by atoms with Gasteiger partial charge in [0.1, 0.15) is 5.82 Å². The van der Waals surface area contributed by atoms with Crippen molar-refractivity contribution in [2.75, 3.05) is 13.6 Å². The molecule has 0 aliphatic heterocycles. The largest absolute Gasteiger partial charge is 0.319 e. The van der Waals surface area contributed by atoms with Gasteiger partial charge in [-0.15, -0.1) is 0 Å². The minimum atomic E-state index is -0.136. The maximum Gasteiger partial charge on any atom is 0.123 e. The molecule has 0 fully saturated rings. The molecular weight excluding hydrogens is 201 g/mol. The molecule has 1 aromatic carbocycles. The van der Waals surface area contributed by atoms with Crippen molar-refractivity contribution in [2.45, 2.75) is 32.6 Å². The summed E-state index contributed by atoms with van der Waals surface area (Å²) < 4.78 is 13.2. The van der Waals surface area contributed by atoms with E-state index in [2.05, 4.69) is 19.2 Å². The fraction of sp³-hybridized carbons (Fsp3) is 0.571. The van der Waals surface area contributed by atoms with Gasteiger partial charge in [0.25, 0.3) is 0 Å². The molecule has 0 aliphatic rings. The van der Waals surface area contributed by atoms with E-state index in [1.165, 1.54) is 12.5 Å². The minimum Gasteiger partial charge on any atom is -0.319 e. The maximum atomic E-state index is 13.2. The van der Waals surface area contributed by atoms with Crippen molar-refractivity contribution in [1.82, 2.24) is 5.32 Å². The third kappa shape index (κ3) is 3.93. The molecule has 2 heteroatoms. The Balaban J connectivity index is 2.76. The summed E-state index contributed by atoms with van der Waals surface area (Å²) in [7, 11) is 1.95. The van der Waals surface area contributed by atoms with E-state index < -0.39 is 0 Å². The lowest BCUT2D eigenvalue weighted by Gasteiger charge is -2.20. The van der Waals surface area contributed by atoms with Gasteiger partial charge in [0, 0.05) is 6.54 Å². The fourth-order valence-electron chi connectivity index (χ4n) is 2.00. The van der Waals surface area contributed by atoms with Gasteiger partial charge in [0.05, 0.1) is 0 Å². The standard InChI is InChI=1S/C14H22FN/c1-4-11(2)8-13(10-16-3)12-6-5-7-14(15)9-12/h5-7,9,11,13,16H,4,8,10H2,1-3H3. The molecule has 0 saturated carbocycles. The molecule has 0 spiro atoms. The van der Waals surface area contributed by atoms with Crippen molar-refractivity contribution in [3.8, 4) is 0 Å². The Labute approximate surface area is 98.1 Å². The lowest BCUT2D eigenvalue weighted by atomic mass is 9.88. The van der Waals surface area contributed by atoms with Gasteiger partial charge >= 0.3 is 0 Å². The molecule has 0 amide bonds. The molecule has 0 bridgehead atoms. The van der Waals surface area contributed by atoms with Gasteiger partial charge in [-0.1, -0.05) is 32.4 Å². The van der Waals surface area contributed by atoms with E-state index in [0.717, 1.165) is 18.5 Å². The molecule has 2 atom stereocenters. The first kappa shape index (κ1) is 13.2. The molecule has 1 N–H and O–H groups in total. The van der Waals surface area contributed by atoms with Crippen molar-refractivity contribution >= 4 is 0 Å². The summed E-state index contributed by atoms with van der Waals surface area (Å²) in [4.78, 5) is 0. The van der Waals surface area contributed by atoms with E-state index in [4.69, 9.17) is 0 Å². The SMILES string of the molecule is CCC(C)CC(CNC)c1cccc(F)c1. The van der Waals surface area contributed by atoms with E-state index in [1.807, 2.05) is 13.1 Å². The Kier molecular flexibility index (Phi) is 5.47. The van der Waals surface area contributed by atoms with E-state index in [-0.39, 0.29) is 5.82 Å². The highest BCUT2D eigenvalue weighted by atomic mass is 19.1. The molecule has 0 saturated heterocycles. The van der Waals surface area contributed by atoms with Crippen molar-refractivity contribution in [3.05, 3.63) is 35.6 Å². The molecule has 0 aromatic heterocycles. The van der Waals surface area contributed by atoms with Crippen LogP contribution in [0.1, 0.15) is 38.2 Å². The monoisotopic (exact) mass is 223 g/mol. The van der Waals surface area contributed by atoms with Crippen LogP contribution in [-0.2, 0) is 0 Å². The lowest BCUT2D eigenvalue weighted by molar-refractivity contribution is 0.443. The van der Waals surface area contributed by atoms with Crippen molar-refractivity contribution in [3.63, 3.8) is 0 Å². The van der Waals surface area contributed by atoms with E-state index >= 15 is 0 Å². The second kappa shape index (κ2) is 6.64. The third-order valence-electron chi connectivity index (χ3n) is 3.15. The van der Waals surface area contributed by atoms with Gasteiger partial charge in [-0.05, 0) is 43.0 Å². The Morgan fingerprint density at radius 3 is 2.69 bits per heavy atom. The minimum absolute atomic E-state index is 0.136. The summed E-state index contributed by atoms with van der Waals surface area (Å²) in [5.41, 5.74) is 1.11. The van der Waals surface area contributed by atoms with Gasteiger partial charge in [0.15, 0.2) is 0 Å². The second-order valence-electron chi connectivity index (χ2n) is 4.56. The molecule has 16 heavy (non-hydrogen) atoms. The number of hydrogen-bond donors (Lipinski definition) is 1. The molecule has 0 aliphatic carbocycles. The molecule has 2 unspecified atom stereocenters. The highest BCUT2D eigenvalue weighted by molar-refractivity contribution is 5.21. The number of halogens is 1. The van der Waals surface area contributed by atoms with Crippen LogP contribution < -0.4 is 5.32 Å². The fourth-order valence-corrected chi connectivity index (χ4v) is 2.00. The number of hydrogen-bond acceptors (Lipinski definition) is 1. The maximum absolute atomic E-state index is 13.2. The Bertz CT molecular complexity index is 311. The van der Waals surface area contributed by atoms with Gasteiger partial charge in [-0.3, -0.25) is 0 Å². The Morgan fingerprint density at radius 2 is 2.12 bits per heavy atom. The normalized spacial score (nSPS) is 14.8. The molecule has 90 valence electrons. The summed E-state index contributed by atoms with van der Waals surface area (Å²) in [6.45, 7) is 5.36. The van der Waals surface area contributed by atoms with Crippen molar-refractivity contribution in [1.29, 1.82) is 0 Å². The second-order valence-corrected chi connectivity index (χ2v) is 4.56. The van der Waals surface area contributed by atoms with E-state index in [0.29, 0.717) is 11.8 Å². The topological polar surface area (TPSA) is 12.0 Å². The molecule has 1 aromatic rings. The molecule has 0 heterocycles. The summed E-state index contributed by atoms with van der Waals surface area (Å²) in [6.07, 6.45) is 2.29. The predicted molar refractivity (Wildman–Crippen MR) is 67.1 cm³/mol. The van der Waals surface area contributed by atoms with Gasteiger partial charge in [-0.25, -0.2) is 4.39 Å². The third-order valence-corrected chi connectivity index (χ3v) is 3.15. The molecule has 1 rings (SSSR count). The van der Waals surface area contributed by atoms with Crippen LogP contribution in [0.15, 0.2) is 24.3 Å². The molecule has 1 nitrogen and oxygen atoms in total. The first-order valence-corrected chi connectivity index (χ1v) is 6.07. The van der Waals surface area contributed by atoms with Crippen LogP contribution >= 0.6 is 0 Å². The molecule has 0 radical (unpaired) electrons. The summed E-state index contributed by atoms with van der Waals surface area (Å²) >= 11 is 0. The van der Waals surface area contributed by atoms with E-state index in [1.54, 1.807) is 12.1 Å². The average molecular weight is 223 g/mol. The summed E-state index contributed by atoms with van der Waals surface area (Å²) in [6, 6.07) is 6.98. The lowest BCUT2D eigenvalue weighted by Crippen LogP contribution is -2.19. The zero-order valence-corrected chi connectivity index (χ0v) is 10.5. The van der Waals surface area contributed by atoms with Crippen LogP contribution in [0.3, 0.4) is 0 Å². The number of nitrogens with one attached hydrogen (secondary N) is 1. The van der Waals surface area contributed by atoms with Crippen molar-refractivity contribution < 1.29 is 4.39 Å². The molecular formula is C14H22FN. The summed E-state index contributed by atoms with van der Waals surface area (Å²) in [5.74, 6) is 0.958. The first-order valence-electron chi connectivity index (χ1n) is 6.07. The van der Waals surface area contributed by atoms with Gasteiger partial charge < -0.3 is 5.32 Å². The van der Waals surface area contributed by atoms with Crippen LogP contribution in [0.4, 0.5) is 4.39 Å². The van der Waals surface area contributed by atoms with Gasteiger partial charge in [-0.2, -0.15) is 0 Å². The quantitative estimate of drug-likeness (QED) is 0.777. The predicted octanol–water partition coefficient (Wildman–Crippen LogP) is 3.56. The smallest absolute Gasteiger partial charge is 0.123 e.